The van der Waals surface area contributed by atoms with Gasteiger partial charge in [0.1, 0.15) is 11.9 Å². The number of nitrogens with zero attached hydrogens (tertiary/aromatic N) is 2. The Morgan fingerprint density at radius 3 is 2.13 bits per heavy atom. The first kappa shape index (κ1) is 29.1. The molecule has 3 N–H and O–H groups in total. The number of rotatable bonds is 6. The number of amides is 3. The maximum Gasteiger partial charge on any atom is 0.419 e. The second-order valence-electron chi connectivity index (χ2n) is 9.34. The maximum atomic E-state index is 13.7. The van der Waals surface area contributed by atoms with E-state index in [2.05, 4.69) is 10.2 Å². The van der Waals surface area contributed by atoms with Gasteiger partial charge < -0.3 is 16.0 Å². The fourth-order valence-corrected chi connectivity index (χ4v) is 4.85. The van der Waals surface area contributed by atoms with Gasteiger partial charge in [-0.25, -0.2) is 4.39 Å². The summed E-state index contributed by atoms with van der Waals surface area (Å²) in [4.78, 5) is 37.5. The fourth-order valence-electron chi connectivity index (χ4n) is 4.85. The van der Waals surface area contributed by atoms with Crippen molar-refractivity contribution in [3.8, 4) is 0 Å². The van der Waals surface area contributed by atoms with Crippen LogP contribution in [0.25, 0.3) is 0 Å². The predicted molar refractivity (Wildman–Crippen MR) is 133 cm³/mol. The van der Waals surface area contributed by atoms with Gasteiger partial charge >= 0.3 is 6.18 Å². The molecule has 1 unspecified atom stereocenters. The number of alkyl halides is 3. The van der Waals surface area contributed by atoms with E-state index in [4.69, 9.17) is 5.73 Å². The monoisotopic (exact) mass is 536 g/mol. The molecule has 0 bridgehead atoms. The van der Waals surface area contributed by atoms with Crippen LogP contribution in [0.4, 0.5) is 17.6 Å². The van der Waals surface area contributed by atoms with Crippen molar-refractivity contribution < 1.29 is 31.9 Å². The highest BCUT2D eigenvalue weighted by Crippen LogP contribution is 2.32. The maximum absolute atomic E-state index is 13.7. The normalized spacial score (nSPS) is 17.6. The van der Waals surface area contributed by atoms with Gasteiger partial charge in [0.2, 0.25) is 12.3 Å². The molecule has 2 fully saturated rings. The molecule has 1 saturated heterocycles. The smallest absolute Gasteiger partial charge is 0.368 e. The first-order valence-electron chi connectivity index (χ1n) is 12.6. The van der Waals surface area contributed by atoms with Crippen molar-refractivity contribution in [2.75, 3.05) is 26.2 Å². The van der Waals surface area contributed by atoms with Crippen molar-refractivity contribution >= 4 is 18.2 Å². The van der Waals surface area contributed by atoms with Gasteiger partial charge in [-0.05, 0) is 36.6 Å². The summed E-state index contributed by atoms with van der Waals surface area (Å²) in [6.07, 6.45) is 1.87. The first-order chi connectivity index (χ1) is 18.1. The predicted octanol–water partition coefficient (Wildman–Crippen LogP) is 3.89. The van der Waals surface area contributed by atoms with Crippen LogP contribution in [0.3, 0.4) is 0 Å². The van der Waals surface area contributed by atoms with Crippen molar-refractivity contribution in [3.05, 3.63) is 71.0 Å². The zero-order chi connectivity index (χ0) is 27.7. The van der Waals surface area contributed by atoms with E-state index >= 15 is 0 Å². The third-order valence-electron chi connectivity index (χ3n) is 6.87. The van der Waals surface area contributed by atoms with Crippen LogP contribution in [-0.4, -0.2) is 60.2 Å². The summed E-state index contributed by atoms with van der Waals surface area (Å²) in [6.45, 7) is 2.58. The number of nitrogens with two attached hydrogens (primary N) is 1. The lowest BCUT2D eigenvalue weighted by molar-refractivity contribution is -0.140. The minimum Gasteiger partial charge on any atom is -0.368 e. The molecule has 1 aliphatic carbocycles. The van der Waals surface area contributed by atoms with Gasteiger partial charge in [-0.2, -0.15) is 13.2 Å². The number of benzene rings is 2. The Hall–Kier alpha value is -3.47. The number of carbonyl (C=O) groups is 3. The van der Waals surface area contributed by atoms with E-state index in [0.29, 0.717) is 43.2 Å². The molecular weight excluding hydrogens is 504 g/mol. The van der Waals surface area contributed by atoms with Gasteiger partial charge in [-0.1, -0.05) is 49.6 Å². The Morgan fingerprint density at radius 1 is 0.974 bits per heavy atom. The van der Waals surface area contributed by atoms with Crippen molar-refractivity contribution in [1.82, 2.24) is 15.1 Å². The highest BCUT2D eigenvalue weighted by Gasteiger charge is 2.35. The average Bonchev–Trinajstić information content (AvgIpc) is 2.92. The summed E-state index contributed by atoms with van der Waals surface area (Å²) in [5.41, 5.74) is 4.40. The molecule has 206 valence electrons. The van der Waals surface area contributed by atoms with Crippen LogP contribution in [0.5, 0.6) is 0 Å². The first-order valence-corrected chi connectivity index (χ1v) is 12.6. The summed E-state index contributed by atoms with van der Waals surface area (Å²) in [5, 5.41) is 2.34. The van der Waals surface area contributed by atoms with Crippen LogP contribution in [0.2, 0.25) is 0 Å². The lowest BCUT2D eigenvalue weighted by Gasteiger charge is -2.40. The van der Waals surface area contributed by atoms with Crippen LogP contribution in [-0.2, 0) is 15.8 Å². The van der Waals surface area contributed by atoms with E-state index in [1.165, 1.54) is 32.1 Å². The summed E-state index contributed by atoms with van der Waals surface area (Å²) < 4.78 is 51.5. The third-order valence-corrected chi connectivity index (χ3v) is 6.87. The molecule has 1 atom stereocenters. The third kappa shape index (κ3) is 7.77. The number of hydrogen-bond donors (Lipinski definition) is 2. The molecule has 7 nitrogen and oxygen atoms in total. The summed E-state index contributed by atoms with van der Waals surface area (Å²) >= 11 is 0. The Morgan fingerprint density at radius 2 is 1.61 bits per heavy atom. The van der Waals surface area contributed by atoms with Crippen molar-refractivity contribution in [1.29, 1.82) is 0 Å². The zero-order valence-electron chi connectivity index (χ0n) is 20.9. The Balaban J connectivity index is 0.000000260. The van der Waals surface area contributed by atoms with Gasteiger partial charge in [-0.15, -0.1) is 0 Å². The molecule has 2 aromatic rings. The number of hydrogen-bond acceptors (Lipinski definition) is 4. The molecule has 3 amide bonds. The second kappa shape index (κ2) is 13.4. The minimum absolute atomic E-state index is 0.0309. The standard InChI is InChI=1S/C18H22F4N2O.C9H10N2O2/c19-16-12-13(6-7-15(16)18(20,21)22)17(25)24-10-8-23(9-11-24)14-4-2-1-3-5-14;10-9(13)8(11-6-12)7-4-2-1-3-5-7/h6-7,12,14H,1-5,8-11H2;1-6,8H,(H2,10,13)(H,11,12). The molecule has 0 radical (unpaired) electrons. The number of primary amides is 1. The van der Waals surface area contributed by atoms with Gasteiger partial charge in [0, 0.05) is 37.8 Å². The fraction of sp³-hybridized carbons (Fsp3) is 0.444. The molecule has 2 aliphatic rings. The second-order valence-corrected chi connectivity index (χ2v) is 9.34. The van der Waals surface area contributed by atoms with Crippen LogP contribution in [0, 0.1) is 5.82 Å². The van der Waals surface area contributed by atoms with Crippen LogP contribution in [0.15, 0.2) is 48.5 Å². The van der Waals surface area contributed by atoms with Crippen LogP contribution in [0.1, 0.15) is 59.6 Å². The molecule has 4 rings (SSSR count). The molecule has 1 aliphatic heterocycles. The highest BCUT2D eigenvalue weighted by atomic mass is 19.4. The highest BCUT2D eigenvalue weighted by molar-refractivity contribution is 5.94. The Bertz CT molecular complexity index is 1080. The molecule has 38 heavy (non-hydrogen) atoms. The number of nitrogens with one attached hydrogen (secondary N) is 1. The lowest BCUT2D eigenvalue weighted by Crippen LogP contribution is -2.52. The molecule has 1 saturated carbocycles. The minimum atomic E-state index is -4.75. The Kier molecular flexibility index (Phi) is 10.2. The SMILES string of the molecule is NC(=O)C(NC=O)c1ccccc1.O=C(c1ccc(C(F)(F)F)c(F)c1)N1CCN(C2CCCCC2)CC1. The number of halogens is 4. The van der Waals surface area contributed by atoms with Gasteiger partial charge in [0.25, 0.3) is 5.91 Å². The van der Waals surface area contributed by atoms with E-state index in [9.17, 15) is 31.9 Å². The van der Waals surface area contributed by atoms with Gasteiger partial charge in [0.05, 0.1) is 5.56 Å². The van der Waals surface area contributed by atoms with E-state index in [1.54, 1.807) is 29.2 Å². The quantitative estimate of drug-likeness (QED) is 0.433. The molecule has 0 spiro atoms. The van der Waals surface area contributed by atoms with Gasteiger partial charge in [-0.3, -0.25) is 19.3 Å². The Labute approximate surface area is 219 Å². The van der Waals surface area contributed by atoms with E-state index in [1.807, 2.05) is 6.07 Å². The van der Waals surface area contributed by atoms with E-state index in [-0.39, 0.29) is 5.56 Å². The van der Waals surface area contributed by atoms with Gasteiger partial charge in [0.15, 0.2) is 0 Å². The zero-order valence-corrected chi connectivity index (χ0v) is 20.9. The van der Waals surface area contributed by atoms with Crippen molar-refractivity contribution in [2.45, 2.75) is 50.4 Å². The summed E-state index contributed by atoms with van der Waals surface area (Å²) in [6, 6.07) is 11.1. The molecule has 0 aromatic heterocycles. The van der Waals surface area contributed by atoms with Crippen LogP contribution < -0.4 is 11.1 Å². The number of piperazine rings is 1. The lowest BCUT2D eigenvalue weighted by atomic mass is 9.94. The molecule has 1 heterocycles. The van der Waals surface area contributed by atoms with Crippen molar-refractivity contribution in [3.63, 3.8) is 0 Å². The molecule has 2 aromatic carbocycles. The topological polar surface area (TPSA) is 95.7 Å². The van der Waals surface area contributed by atoms with Crippen LogP contribution >= 0.6 is 0 Å². The van der Waals surface area contributed by atoms with Crippen molar-refractivity contribution in [2.24, 2.45) is 5.73 Å². The summed E-state index contributed by atoms with van der Waals surface area (Å²) in [7, 11) is 0. The van der Waals surface area contributed by atoms with E-state index < -0.39 is 35.4 Å². The largest absolute Gasteiger partial charge is 0.419 e. The molecule has 11 heteroatoms. The number of carbonyl (C=O) groups excluding carboxylic acids is 3. The average molecular weight is 537 g/mol. The summed E-state index contributed by atoms with van der Waals surface area (Å²) in [5.74, 6) is -2.38. The van der Waals surface area contributed by atoms with E-state index in [0.717, 1.165) is 19.2 Å². The molecular formula is C27H32F4N4O3.